The van der Waals surface area contributed by atoms with E-state index in [4.69, 9.17) is 23.2 Å². The summed E-state index contributed by atoms with van der Waals surface area (Å²) in [6.07, 6.45) is 1.53. The molecule has 28 heavy (non-hydrogen) atoms. The van der Waals surface area contributed by atoms with E-state index in [2.05, 4.69) is 5.32 Å². The summed E-state index contributed by atoms with van der Waals surface area (Å²) in [5, 5.41) is 4.06. The molecule has 3 rings (SSSR count). The van der Waals surface area contributed by atoms with E-state index in [9.17, 15) is 9.59 Å². The molecule has 3 aromatic carbocycles. The van der Waals surface area contributed by atoms with Gasteiger partial charge in [0.1, 0.15) is 0 Å². The Balaban J connectivity index is 1.91. The van der Waals surface area contributed by atoms with Gasteiger partial charge in [-0.2, -0.15) is 0 Å². The molecule has 5 heteroatoms. The Labute approximate surface area is 173 Å². The second-order valence-electron chi connectivity index (χ2n) is 6.19. The molecule has 0 atom stereocenters. The summed E-state index contributed by atoms with van der Waals surface area (Å²) in [7, 11) is 0. The van der Waals surface area contributed by atoms with Crippen LogP contribution in [0.4, 0.5) is 5.69 Å². The van der Waals surface area contributed by atoms with Crippen LogP contribution < -0.4 is 5.32 Å². The van der Waals surface area contributed by atoms with Crippen molar-refractivity contribution in [3.05, 3.63) is 106 Å². The maximum absolute atomic E-state index is 12.6. The zero-order valence-corrected chi connectivity index (χ0v) is 16.6. The topological polar surface area (TPSA) is 46.2 Å². The molecular weight excluding hydrogens is 393 g/mol. The van der Waals surface area contributed by atoms with Crippen molar-refractivity contribution in [2.45, 2.75) is 6.92 Å². The van der Waals surface area contributed by atoms with Crippen LogP contribution in [0.1, 0.15) is 28.4 Å². The Kier molecular flexibility index (Phi) is 6.30. The zero-order valence-electron chi connectivity index (χ0n) is 15.1. The summed E-state index contributed by atoms with van der Waals surface area (Å²) in [5.74, 6) is -0.305. The molecule has 1 N–H and O–H groups in total. The lowest BCUT2D eigenvalue weighted by atomic mass is 9.97. The van der Waals surface area contributed by atoms with Crippen molar-refractivity contribution in [1.29, 1.82) is 0 Å². The van der Waals surface area contributed by atoms with Crippen LogP contribution in [-0.2, 0) is 4.79 Å². The highest BCUT2D eigenvalue weighted by Gasteiger charge is 2.09. The summed E-state index contributed by atoms with van der Waals surface area (Å²) in [4.78, 5) is 24.0. The van der Waals surface area contributed by atoms with Gasteiger partial charge in [0.15, 0.2) is 5.78 Å². The van der Waals surface area contributed by atoms with Gasteiger partial charge in [-0.15, -0.1) is 0 Å². The van der Waals surface area contributed by atoms with Gasteiger partial charge in [0, 0.05) is 27.4 Å². The number of nitrogens with one attached hydrogen (secondary N) is 1. The smallest absolute Gasteiger partial charge is 0.249 e. The van der Waals surface area contributed by atoms with Crippen molar-refractivity contribution in [3.8, 4) is 0 Å². The van der Waals surface area contributed by atoms with Gasteiger partial charge < -0.3 is 5.32 Å². The summed E-state index contributed by atoms with van der Waals surface area (Å²) < 4.78 is 0. The summed E-state index contributed by atoms with van der Waals surface area (Å²) in [5.41, 5.74) is 3.66. The first kappa shape index (κ1) is 19.9. The number of halogens is 2. The summed E-state index contributed by atoms with van der Waals surface area (Å²) in [6, 6.07) is 21.3. The fraction of sp³-hybridized carbons (Fsp3) is 0.0435. The maximum Gasteiger partial charge on any atom is 0.249 e. The number of hydrogen-bond donors (Lipinski definition) is 1. The van der Waals surface area contributed by atoms with Crippen LogP contribution in [0.25, 0.3) is 5.57 Å². The normalized spacial score (nSPS) is 10.2. The van der Waals surface area contributed by atoms with Crippen molar-refractivity contribution in [3.63, 3.8) is 0 Å². The van der Waals surface area contributed by atoms with E-state index < -0.39 is 0 Å². The lowest BCUT2D eigenvalue weighted by Gasteiger charge is -2.10. The van der Waals surface area contributed by atoms with Crippen molar-refractivity contribution < 1.29 is 9.59 Å². The number of carbonyl (C=O) groups excluding carboxylic acids is 2. The van der Waals surface area contributed by atoms with Crippen molar-refractivity contribution >= 4 is 46.2 Å². The number of Topliss-reactive ketones (excluding diaryl/α,β-unsaturated/α-hetero) is 1. The first-order valence-electron chi connectivity index (χ1n) is 8.58. The molecule has 0 aliphatic heterocycles. The van der Waals surface area contributed by atoms with E-state index in [0.717, 1.165) is 16.7 Å². The highest BCUT2D eigenvalue weighted by Crippen LogP contribution is 2.26. The third-order valence-corrected chi connectivity index (χ3v) is 4.65. The minimum Gasteiger partial charge on any atom is -0.322 e. The molecule has 0 aliphatic rings. The quantitative estimate of drug-likeness (QED) is 0.398. The largest absolute Gasteiger partial charge is 0.322 e. The fourth-order valence-electron chi connectivity index (χ4n) is 2.69. The molecule has 0 fully saturated rings. The van der Waals surface area contributed by atoms with Crippen molar-refractivity contribution in [2.75, 3.05) is 5.32 Å². The molecule has 3 aromatic rings. The van der Waals surface area contributed by atoms with Crippen LogP contribution in [0.15, 0.2) is 78.9 Å². The molecule has 3 nitrogen and oxygen atoms in total. The van der Waals surface area contributed by atoms with Gasteiger partial charge in [-0.1, -0.05) is 47.5 Å². The van der Waals surface area contributed by atoms with Crippen LogP contribution in [0.5, 0.6) is 0 Å². The summed E-state index contributed by atoms with van der Waals surface area (Å²) in [6.45, 7) is 1.50. The van der Waals surface area contributed by atoms with E-state index in [1.165, 1.54) is 13.0 Å². The number of anilines is 1. The minimum absolute atomic E-state index is 0.0227. The molecule has 140 valence electrons. The molecule has 0 heterocycles. The Morgan fingerprint density at radius 3 is 1.57 bits per heavy atom. The van der Waals surface area contributed by atoms with Crippen LogP contribution in [0.2, 0.25) is 10.0 Å². The van der Waals surface area contributed by atoms with Gasteiger partial charge in [-0.3, -0.25) is 9.59 Å². The van der Waals surface area contributed by atoms with E-state index in [-0.39, 0.29) is 11.7 Å². The molecule has 0 saturated carbocycles. The van der Waals surface area contributed by atoms with E-state index in [1.54, 1.807) is 48.5 Å². The van der Waals surface area contributed by atoms with Crippen LogP contribution in [0, 0.1) is 0 Å². The Hall–Kier alpha value is -2.88. The monoisotopic (exact) mass is 409 g/mol. The predicted octanol–water partition coefficient (Wildman–Crippen LogP) is 6.27. The third kappa shape index (κ3) is 5.10. The molecule has 0 aliphatic carbocycles. The van der Waals surface area contributed by atoms with Gasteiger partial charge in [0.25, 0.3) is 0 Å². The Morgan fingerprint density at radius 1 is 0.714 bits per heavy atom. The number of ketones is 1. The van der Waals surface area contributed by atoms with Crippen molar-refractivity contribution in [2.24, 2.45) is 0 Å². The van der Waals surface area contributed by atoms with Gasteiger partial charge in [0.05, 0.1) is 0 Å². The molecule has 0 bridgehead atoms. The number of hydrogen-bond acceptors (Lipinski definition) is 2. The highest BCUT2D eigenvalue weighted by molar-refractivity contribution is 6.31. The molecular formula is C23H17Cl2NO2. The lowest BCUT2D eigenvalue weighted by molar-refractivity contribution is -0.111. The number of amides is 1. The first-order valence-corrected chi connectivity index (χ1v) is 9.33. The fourth-order valence-corrected chi connectivity index (χ4v) is 2.94. The maximum atomic E-state index is 12.6. The van der Waals surface area contributed by atoms with Crippen LogP contribution in [0.3, 0.4) is 0 Å². The van der Waals surface area contributed by atoms with Gasteiger partial charge in [0.2, 0.25) is 5.91 Å². The van der Waals surface area contributed by atoms with E-state index in [1.807, 2.05) is 24.3 Å². The SMILES string of the molecule is CC(=O)c1ccc(NC(=O)C=C(c2ccc(Cl)cc2)c2ccc(Cl)cc2)cc1. The second-order valence-corrected chi connectivity index (χ2v) is 7.07. The average Bonchev–Trinajstić information content (AvgIpc) is 2.68. The average molecular weight is 410 g/mol. The molecule has 1 amide bonds. The molecule has 0 saturated heterocycles. The highest BCUT2D eigenvalue weighted by atomic mass is 35.5. The molecule has 0 spiro atoms. The van der Waals surface area contributed by atoms with E-state index in [0.29, 0.717) is 21.3 Å². The van der Waals surface area contributed by atoms with Gasteiger partial charge >= 0.3 is 0 Å². The van der Waals surface area contributed by atoms with Crippen molar-refractivity contribution in [1.82, 2.24) is 0 Å². The molecule has 0 aromatic heterocycles. The first-order chi connectivity index (χ1) is 13.4. The standard InChI is InChI=1S/C23H17Cl2NO2/c1-15(27)16-6-12-21(13-7-16)26-23(28)14-22(17-2-8-19(24)9-3-17)18-4-10-20(25)11-5-18/h2-14H,1H3,(H,26,28). The number of rotatable bonds is 5. The van der Waals surface area contributed by atoms with Crippen LogP contribution >= 0.6 is 23.2 Å². The number of carbonyl (C=O) groups is 2. The summed E-state index contributed by atoms with van der Waals surface area (Å²) >= 11 is 12.0. The molecule has 0 radical (unpaired) electrons. The third-order valence-electron chi connectivity index (χ3n) is 4.14. The molecule has 0 unspecified atom stereocenters. The van der Waals surface area contributed by atoms with Gasteiger partial charge in [-0.05, 0) is 72.2 Å². The van der Waals surface area contributed by atoms with Crippen LogP contribution in [-0.4, -0.2) is 11.7 Å². The lowest BCUT2D eigenvalue weighted by Crippen LogP contribution is -2.09. The Bertz CT molecular complexity index is 974. The number of benzene rings is 3. The van der Waals surface area contributed by atoms with E-state index >= 15 is 0 Å². The zero-order chi connectivity index (χ0) is 20.1. The second kappa shape index (κ2) is 8.87. The van der Waals surface area contributed by atoms with Gasteiger partial charge in [-0.25, -0.2) is 0 Å². The Morgan fingerprint density at radius 2 is 1.14 bits per heavy atom. The predicted molar refractivity (Wildman–Crippen MR) is 115 cm³/mol. The minimum atomic E-state index is -0.282.